The Balaban J connectivity index is 1.65. The van der Waals surface area contributed by atoms with Crippen molar-refractivity contribution in [3.8, 4) is 0 Å². The molecule has 0 atom stereocenters. The van der Waals surface area contributed by atoms with Crippen LogP contribution in [0.3, 0.4) is 0 Å². The van der Waals surface area contributed by atoms with Gasteiger partial charge in [-0.25, -0.2) is 9.69 Å². The molecule has 4 rings (SSSR count). The molecule has 0 aliphatic carbocycles. The summed E-state index contributed by atoms with van der Waals surface area (Å²) >= 11 is 7.29. The molecule has 1 fully saturated rings. The van der Waals surface area contributed by atoms with Gasteiger partial charge >= 0.3 is 6.03 Å². The van der Waals surface area contributed by atoms with Gasteiger partial charge in [0.25, 0.3) is 11.8 Å². The van der Waals surface area contributed by atoms with Gasteiger partial charge in [0.15, 0.2) is 5.09 Å². The lowest BCUT2D eigenvalue weighted by molar-refractivity contribution is -0.129. The second-order valence-electron chi connectivity index (χ2n) is 6.98. The van der Waals surface area contributed by atoms with Crippen molar-refractivity contribution in [2.45, 2.75) is 9.99 Å². The molecular formula is C24H19ClN2O5S. The maximum atomic E-state index is 13.2. The number of furan rings is 1. The van der Waals surface area contributed by atoms with Crippen molar-refractivity contribution < 1.29 is 23.5 Å². The third-order valence-corrected chi connectivity index (χ3v) is 5.97. The molecule has 2 aromatic carbocycles. The third kappa shape index (κ3) is 5.03. The number of hydrogen-bond donors (Lipinski definition) is 0. The fourth-order valence-electron chi connectivity index (χ4n) is 3.19. The number of barbiturate groups is 1. The van der Waals surface area contributed by atoms with Gasteiger partial charge in [-0.1, -0.05) is 41.6 Å². The molecule has 0 bridgehead atoms. The van der Waals surface area contributed by atoms with Gasteiger partial charge in [0.05, 0.1) is 18.8 Å². The first-order valence-corrected chi connectivity index (χ1v) is 11.2. The monoisotopic (exact) mass is 482 g/mol. The van der Waals surface area contributed by atoms with Gasteiger partial charge in [0, 0.05) is 17.0 Å². The van der Waals surface area contributed by atoms with E-state index in [9.17, 15) is 14.4 Å². The first-order valence-electron chi connectivity index (χ1n) is 9.97. The van der Waals surface area contributed by atoms with E-state index in [-0.39, 0.29) is 18.7 Å². The molecule has 1 aliphatic heterocycles. The van der Waals surface area contributed by atoms with Crippen LogP contribution in [0.15, 0.2) is 86.7 Å². The van der Waals surface area contributed by atoms with E-state index in [1.54, 1.807) is 54.6 Å². The molecule has 1 aromatic heterocycles. The number of amides is 4. The highest BCUT2D eigenvalue weighted by Crippen LogP contribution is 2.31. The summed E-state index contributed by atoms with van der Waals surface area (Å²) in [4.78, 5) is 42.1. The number of nitrogens with zero attached hydrogens (tertiary/aromatic N) is 2. The lowest BCUT2D eigenvalue weighted by Crippen LogP contribution is -2.57. The van der Waals surface area contributed by atoms with Crippen molar-refractivity contribution in [3.63, 3.8) is 0 Å². The predicted octanol–water partition coefficient (Wildman–Crippen LogP) is 5.11. The Hall–Kier alpha value is -3.33. The molecule has 0 radical (unpaired) electrons. The van der Waals surface area contributed by atoms with E-state index in [1.807, 2.05) is 12.1 Å². The quantitative estimate of drug-likeness (QED) is 0.344. The van der Waals surface area contributed by atoms with Gasteiger partial charge in [-0.05, 0) is 54.6 Å². The lowest BCUT2D eigenvalue weighted by Gasteiger charge is -2.33. The van der Waals surface area contributed by atoms with Crippen LogP contribution in [0.4, 0.5) is 10.5 Å². The molecule has 168 valence electrons. The summed E-state index contributed by atoms with van der Waals surface area (Å²) in [5.41, 5.74) is 0.193. The number of rotatable bonds is 7. The number of urea groups is 1. The minimum absolute atomic E-state index is 0.0118. The maximum absolute atomic E-state index is 13.2. The normalized spacial score (nSPS) is 15.6. The average molecular weight is 483 g/mol. The Labute approximate surface area is 199 Å². The van der Waals surface area contributed by atoms with E-state index in [0.29, 0.717) is 21.6 Å². The van der Waals surface area contributed by atoms with Crippen LogP contribution >= 0.6 is 23.4 Å². The number of carbonyl (C=O) groups is 3. The lowest BCUT2D eigenvalue weighted by atomic mass is 10.1. The number of anilines is 1. The molecule has 3 aromatic rings. The third-order valence-electron chi connectivity index (χ3n) is 4.79. The van der Waals surface area contributed by atoms with Gasteiger partial charge in [0.1, 0.15) is 11.3 Å². The Morgan fingerprint density at radius 1 is 0.970 bits per heavy atom. The zero-order chi connectivity index (χ0) is 23.4. The average Bonchev–Trinajstić information content (AvgIpc) is 3.26. The number of carbonyl (C=O) groups excluding carboxylic acids is 3. The number of methoxy groups -OCH3 is 1. The molecule has 0 saturated carbocycles. The van der Waals surface area contributed by atoms with Gasteiger partial charge in [-0.3, -0.25) is 14.5 Å². The summed E-state index contributed by atoms with van der Waals surface area (Å²) < 4.78 is 10.8. The van der Waals surface area contributed by atoms with E-state index in [2.05, 4.69) is 0 Å². The van der Waals surface area contributed by atoms with E-state index in [1.165, 1.54) is 24.9 Å². The van der Waals surface area contributed by atoms with E-state index in [0.717, 1.165) is 14.7 Å². The highest BCUT2D eigenvalue weighted by Gasteiger charge is 2.42. The van der Waals surface area contributed by atoms with Crippen molar-refractivity contribution in [1.29, 1.82) is 0 Å². The highest BCUT2D eigenvalue weighted by atomic mass is 35.5. The van der Waals surface area contributed by atoms with E-state index < -0.39 is 17.8 Å². The van der Waals surface area contributed by atoms with Crippen molar-refractivity contribution >= 4 is 53.0 Å². The molecule has 1 saturated heterocycles. The van der Waals surface area contributed by atoms with Crippen molar-refractivity contribution in [2.24, 2.45) is 0 Å². The topological polar surface area (TPSA) is 80.1 Å². The molecule has 1 aliphatic rings. The predicted molar refractivity (Wildman–Crippen MR) is 125 cm³/mol. The number of hydrogen-bond acceptors (Lipinski definition) is 6. The van der Waals surface area contributed by atoms with Gasteiger partial charge in [0.2, 0.25) is 0 Å². The second kappa shape index (κ2) is 10.1. The molecule has 2 heterocycles. The van der Waals surface area contributed by atoms with Crippen molar-refractivity contribution in [3.05, 3.63) is 83.1 Å². The smallest absolute Gasteiger partial charge is 0.338 e. The van der Waals surface area contributed by atoms with Crippen molar-refractivity contribution in [2.75, 3.05) is 25.2 Å². The minimum Gasteiger partial charge on any atom is -0.450 e. The summed E-state index contributed by atoms with van der Waals surface area (Å²) in [7, 11) is 1.47. The van der Waals surface area contributed by atoms with Crippen LogP contribution in [0.5, 0.6) is 0 Å². The molecule has 9 heteroatoms. The summed E-state index contributed by atoms with van der Waals surface area (Å²) in [6.45, 7) is 0.155. The first kappa shape index (κ1) is 22.8. The SMILES string of the molecule is COCCN1C(=O)/C(=C/c2ccc(Sc3ccc(Cl)cc3)o2)C(=O)N(c2ccccc2)C1=O. The summed E-state index contributed by atoms with van der Waals surface area (Å²) in [6.07, 6.45) is 1.36. The van der Waals surface area contributed by atoms with Gasteiger partial charge in [-0.2, -0.15) is 0 Å². The standard InChI is InChI=1S/C24H19ClN2O5S/c1-31-14-13-26-22(28)20(23(29)27(24(26)30)17-5-3-2-4-6-17)15-18-9-12-21(32-18)33-19-10-7-16(25)8-11-19/h2-12,15H,13-14H2,1H3/b20-15-. The molecular weight excluding hydrogens is 464 g/mol. The van der Waals surface area contributed by atoms with Crippen LogP contribution in [0, 0.1) is 0 Å². The summed E-state index contributed by atoms with van der Waals surface area (Å²) in [5.74, 6) is -1.09. The molecule has 0 spiro atoms. The van der Waals surface area contributed by atoms with Crippen LogP contribution in [0.2, 0.25) is 5.02 Å². The zero-order valence-corrected chi connectivity index (χ0v) is 19.1. The van der Waals surface area contributed by atoms with Crippen LogP contribution in [0.1, 0.15) is 5.76 Å². The van der Waals surface area contributed by atoms with Crippen LogP contribution in [0.25, 0.3) is 6.08 Å². The number of para-hydroxylation sites is 1. The zero-order valence-electron chi connectivity index (χ0n) is 17.6. The van der Waals surface area contributed by atoms with Crippen LogP contribution < -0.4 is 4.90 Å². The molecule has 33 heavy (non-hydrogen) atoms. The van der Waals surface area contributed by atoms with Crippen LogP contribution in [-0.2, 0) is 14.3 Å². The fourth-order valence-corrected chi connectivity index (χ4v) is 4.09. The summed E-state index contributed by atoms with van der Waals surface area (Å²) in [6, 6.07) is 18.4. The van der Waals surface area contributed by atoms with Crippen LogP contribution in [-0.4, -0.2) is 43.0 Å². The van der Waals surface area contributed by atoms with Crippen molar-refractivity contribution in [1.82, 2.24) is 4.90 Å². The number of imide groups is 2. The Morgan fingerprint density at radius 3 is 2.39 bits per heavy atom. The Bertz CT molecular complexity index is 1210. The first-order chi connectivity index (χ1) is 16.0. The number of ether oxygens (including phenoxy) is 1. The summed E-state index contributed by atoms with van der Waals surface area (Å²) in [5, 5.41) is 1.21. The van der Waals surface area contributed by atoms with Gasteiger partial charge in [-0.15, -0.1) is 0 Å². The Morgan fingerprint density at radius 2 is 1.70 bits per heavy atom. The Kier molecular flexibility index (Phi) is 6.98. The van der Waals surface area contributed by atoms with E-state index >= 15 is 0 Å². The number of benzene rings is 2. The minimum atomic E-state index is -0.719. The van der Waals surface area contributed by atoms with E-state index in [4.69, 9.17) is 20.8 Å². The van der Waals surface area contributed by atoms with Gasteiger partial charge < -0.3 is 9.15 Å². The molecule has 0 unspecified atom stereocenters. The molecule has 4 amide bonds. The largest absolute Gasteiger partial charge is 0.450 e. The maximum Gasteiger partial charge on any atom is 0.338 e. The molecule has 7 nitrogen and oxygen atoms in total. The molecule has 0 N–H and O–H groups in total. The second-order valence-corrected chi connectivity index (χ2v) is 8.49. The highest BCUT2D eigenvalue weighted by molar-refractivity contribution is 7.99. The number of halogens is 1. The fraction of sp³-hybridized carbons (Fsp3) is 0.125.